The van der Waals surface area contributed by atoms with Crippen LogP contribution in [-0.2, 0) is 0 Å². The lowest BCUT2D eigenvalue weighted by Gasteiger charge is -1.85. The predicted molar refractivity (Wildman–Crippen MR) is 63.7 cm³/mol. The molecule has 0 atom stereocenters. The molecule has 0 aliphatic rings. The van der Waals surface area contributed by atoms with Crippen molar-refractivity contribution < 1.29 is 4.74 Å². The molecule has 0 aliphatic carbocycles. The van der Waals surface area contributed by atoms with Crippen molar-refractivity contribution in [1.29, 1.82) is 0 Å². The summed E-state index contributed by atoms with van der Waals surface area (Å²) in [6.45, 7) is 2.07. The van der Waals surface area contributed by atoms with Gasteiger partial charge >= 0.3 is 0 Å². The van der Waals surface area contributed by atoms with E-state index in [1.807, 2.05) is 6.07 Å². The van der Waals surface area contributed by atoms with Gasteiger partial charge in [0.15, 0.2) is 0 Å². The highest BCUT2D eigenvalue weighted by molar-refractivity contribution is 7.14. The zero-order valence-corrected chi connectivity index (χ0v) is 10.0. The van der Waals surface area contributed by atoms with Crippen LogP contribution >= 0.6 is 22.7 Å². The van der Waals surface area contributed by atoms with E-state index in [2.05, 4.69) is 29.8 Å². The van der Waals surface area contributed by atoms with E-state index in [0.29, 0.717) is 5.19 Å². The smallest absolute Gasteiger partial charge is 0.274 e. The summed E-state index contributed by atoms with van der Waals surface area (Å²) < 4.78 is 4.99. The van der Waals surface area contributed by atoms with Gasteiger partial charge in [0.25, 0.3) is 5.19 Å². The fourth-order valence-corrected chi connectivity index (χ4v) is 2.34. The Morgan fingerprint density at radius 1 is 1.20 bits per heavy atom. The first-order valence-corrected chi connectivity index (χ1v) is 5.99. The molecule has 0 radical (unpaired) electrons. The Kier molecular flexibility index (Phi) is 3.05. The number of nitrogens with zero attached hydrogens (tertiary/aromatic N) is 1. The van der Waals surface area contributed by atoms with Crippen molar-refractivity contribution in [3.8, 4) is 17.0 Å². The van der Waals surface area contributed by atoms with Gasteiger partial charge in [-0.05, 0) is 30.9 Å². The summed E-state index contributed by atoms with van der Waals surface area (Å²) in [5, 5.41) is 0.654. The highest BCUT2D eigenvalue weighted by Gasteiger charge is 1.97. The monoisotopic (exact) mass is 235 g/mol. The number of aromatic nitrogens is 1. The van der Waals surface area contributed by atoms with Crippen LogP contribution in [0.3, 0.4) is 0 Å². The summed E-state index contributed by atoms with van der Waals surface area (Å²) in [6, 6.07) is 4.10. The van der Waals surface area contributed by atoms with E-state index in [1.165, 1.54) is 16.2 Å². The van der Waals surface area contributed by atoms with Gasteiger partial charge in [-0.3, -0.25) is 0 Å². The summed E-state index contributed by atoms with van der Waals surface area (Å²) in [6.07, 6.45) is 1.73. The maximum absolute atomic E-state index is 4.99. The number of aryl methyl sites for hydroxylation is 1. The van der Waals surface area contributed by atoms with E-state index in [1.54, 1.807) is 24.6 Å². The molecule has 2 rings (SSSR count). The Morgan fingerprint density at radius 2 is 2.00 bits per heavy atom. The lowest BCUT2D eigenvalue weighted by molar-refractivity contribution is 0.412. The number of hydrogen-bond acceptors (Lipinski definition) is 4. The molecule has 0 spiro atoms. The van der Waals surface area contributed by atoms with Gasteiger partial charge in [0, 0.05) is 4.88 Å². The topological polar surface area (TPSA) is 22.1 Å². The van der Waals surface area contributed by atoms with Crippen LogP contribution in [0.4, 0.5) is 0 Å². The summed E-state index contributed by atoms with van der Waals surface area (Å²) in [7, 11) is 1.61. The van der Waals surface area contributed by atoms with Gasteiger partial charge in [-0.15, -0.1) is 11.3 Å². The van der Waals surface area contributed by atoms with Crippen LogP contribution < -0.4 is 4.74 Å². The van der Waals surface area contributed by atoms with Gasteiger partial charge in [0.2, 0.25) is 0 Å². The Morgan fingerprint density at radius 3 is 2.60 bits per heavy atom. The number of rotatable bonds is 1. The van der Waals surface area contributed by atoms with Crippen molar-refractivity contribution in [3.05, 3.63) is 33.0 Å². The second-order valence-electron chi connectivity index (χ2n) is 2.85. The van der Waals surface area contributed by atoms with Gasteiger partial charge in [-0.1, -0.05) is 11.3 Å². The largest absolute Gasteiger partial charge is 0.473 e. The standard InChI is InChI=1S/C11H9NOS2/c1-8-3-4-9(14-8)5-6-10-7-12-11(13-2)15-10/h3-4,7H,1-2H3. The van der Waals surface area contributed by atoms with Crippen LogP contribution in [-0.4, -0.2) is 12.1 Å². The molecule has 0 fully saturated rings. The maximum atomic E-state index is 4.99. The van der Waals surface area contributed by atoms with E-state index >= 15 is 0 Å². The highest BCUT2D eigenvalue weighted by atomic mass is 32.1. The SMILES string of the molecule is COc1ncc(C#Cc2ccc(C)s2)s1. The van der Waals surface area contributed by atoms with Crippen molar-refractivity contribution in [2.45, 2.75) is 6.92 Å². The fraction of sp³-hybridized carbons (Fsp3) is 0.182. The normalized spacial score (nSPS) is 9.47. The third-order valence-electron chi connectivity index (χ3n) is 1.71. The Labute approximate surface area is 96.6 Å². The molecule has 4 heteroatoms. The number of thiophene rings is 1. The van der Waals surface area contributed by atoms with Gasteiger partial charge in [-0.2, -0.15) is 0 Å². The lowest BCUT2D eigenvalue weighted by Crippen LogP contribution is -1.76. The molecular weight excluding hydrogens is 226 g/mol. The highest BCUT2D eigenvalue weighted by Crippen LogP contribution is 2.19. The average molecular weight is 235 g/mol. The molecule has 0 aliphatic heterocycles. The molecular formula is C11H9NOS2. The van der Waals surface area contributed by atoms with Crippen molar-refractivity contribution in [3.63, 3.8) is 0 Å². The quantitative estimate of drug-likeness (QED) is 0.709. The molecule has 2 aromatic heterocycles. The van der Waals surface area contributed by atoms with Crippen molar-refractivity contribution in [2.75, 3.05) is 7.11 Å². The minimum atomic E-state index is 0.654. The molecule has 0 N–H and O–H groups in total. The van der Waals surface area contributed by atoms with Crippen LogP contribution in [0, 0.1) is 18.8 Å². The van der Waals surface area contributed by atoms with Gasteiger partial charge in [0.05, 0.1) is 18.2 Å². The predicted octanol–water partition coefficient (Wildman–Crippen LogP) is 2.92. The first-order valence-electron chi connectivity index (χ1n) is 4.36. The third-order valence-corrected chi connectivity index (χ3v) is 3.50. The van der Waals surface area contributed by atoms with E-state index in [0.717, 1.165) is 9.75 Å². The van der Waals surface area contributed by atoms with Crippen molar-refractivity contribution in [1.82, 2.24) is 4.98 Å². The lowest BCUT2D eigenvalue weighted by atomic mass is 10.4. The first-order chi connectivity index (χ1) is 7.28. The first kappa shape index (κ1) is 10.2. The van der Waals surface area contributed by atoms with E-state index in [4.69, 9.17) is 4.74 Å². The Hall–Kier alpha value is -1.31. The Balaban J connectivity index is 2.17. The molecule has 2 heterocycles. The molecule has 0 aromatic carbocycles. The maximum Gasteiger partial charge on any atom is 0.274 e. The van der Waals surface area contributed by atoms with E-state index in [-0.39, 0.29) is 0 Å². The summed E-state index contributed by atoms with van der Waals surface area (Å²) >= 11 is 3.16. The zero-order valence-electron chi connectivity index (χ0n) is 8.40. The molecule has 2 nitrogen and oxygen atoms in total. The van der Waals surface area contributed by atoms with Gasteiger partial charge in [-0.25, -0.2) is 4.98 Å². The minimum Gasteiger partial charge on any atom is -0.473 e. The molecule has 0 amide bonds. The van der Waals surface area contributed by atoms with Gasteiger partial charge < -0.3 is 4.74 Å². The van der Waals surface area contributed by atoms with E-state index in [9.17, 15) is 0 Å². The fourth-order valence-electron chi connectivity index (χ4n) is 1.04. The van der Waals surface area contributed by atoms with Crippen LogP contribution in [0.5, 0.6) is 5.19 Å². The van der Waals surface area contributed by atoms with Crippen LogP contribution in [0.2, 0.25) is 0 Å². The summed E-state index contributed by atoms with van der Waals surface area (Å²) in [5.74, 6) is 6.17. The number of methoxy groups -OCH3 is 1. The number of thiazole rings is 1. The molecule has 0 saturated carbocycles. The molecule has 76 valence electrons. The zero-order chi connectivity index (χ0) is 10.7. The molecule has 0 bridgehead atoms. The summed E-state index contributed by atoms with van der Waals surface area (Å²) in [5.41, 5.74) is 0. The minimum absolute atomic E-state index is 0.654. The Bertz CT molecular complexity index is 516. The molecule has 15 heavy (non-hydrogen) atoms. The third kappa shape index (κ3) is 2.58. The second kappa shape index (κ2) is 4.47. The molecule has 2 aromatic rings. The van der Waals surface area contributed by atoms with Crippen molar-refractivity contribution in [2.24, 2.45) is 0 Å². The number of ether oxygens (including phenoxy) is 1. The molecule has 0 unspecified atom stereocenters. The van der Waals surface area contributed by atoms with Crippen LogP contribution in [0.25, 0.3) is 0 Å². The van der Waals surface area contributed by atoms with Crippen molar-refractivity contribution >= 4 is 22.7 Å². The second-order valence-corrected chi connectivity index (χ2v) is 5.14. The average Bonchev–Trinajstić information content (AvgIpc) is 2.83. The number of hydrogen-bond donors (Lipinski definition) is 0. The summed E-state index contributed by atoms with van der Waals surface area (Å²) in [4.78, 5) is 7.34. The van der Waals surface area contributed by atoms with Crippen LogP contribution in [0.1, 0.15) is 14.6 Å². The van der Waals surface area contributed by atoms with Gasteiger partial charge in [0.1, 0.15) is 4.88 Å². The molecule has 0 saturated heterocycles. The van der Waals surface area contributed by atoms with Crippen LogP contribution in [0.15, 0.2) is 18.3 Å². The van der Waals surface area contributed by atoms with E-state index < -0.39 is 0 Å².